The highest BCUT2D eigenvalue weighted by Crippen LogP contribution is 2.41. The first-order valence-corrected chi connectivity index (χ1v) is 8.58. The van der Waals surface area contributed by atoms with Gasteiger partial charge in [-0.05, 0) is 40.7 Å². The second kappa shape index (κ2) is 7.11. The molecule has 0 saturated carbocycles. The van der Waals surface area contributed by atoms with Gasteiger partial charge >= 0.3 is 5.92 Å². The summed E-state index contributed by atoms with van der Waals surface area (Å²) in [5.41, 5.74) is -3.93. The summed E-state index contributed by atoms with van der Waals surface area (Å²) in [6.45, 7) is 6.18. The fourth-order valence-corrected chi connectivity index (χ4v) is 2.72. The predicted octanol–water partition coefficient (Wildman–Crippen LogP) is 2.77. The Labute approximate surface area is 142 Å². The molecule has 3 N–H and O–H groups in total. The van der Waals surface area contributed by atoms with Crippen LogP contribution in [0.4, 0.5) is 13.2 Å². The van der Waals surface area contributed by atoms with Gasteiger partial charge in [-0.2, -0.15) is 8.78 Å². The summed E-state index contributed by atoms with van der Waals surface area (Å²) >= 11 is 0. The molecule has 1 rings (SSSR count). The molecular formula is C16H24F3NO3S. The predicted molar refractivity (Wildman–Crippen MR) is 87.4 cm³/mol. The highest BCUT2D eigenvalue weighted by atomic mass is 32.2. The van der Waals surface area contributed by atoms with E-state index in [4.69, 9.17) is 5.11 Å². The molecular weight excluding hydrogens is 343 g/mol. The molecule has 0 aliphatic carbocycles. The molecule has 3 unspecified atom stereocenters. The van der Waals surface area contributed by atoms with Gasteiger partial charge in [0.15, 0.2) is 5.60 Å². The van der Waals surface area contributed by atoms with Gasteiger partial charge in [-0.25, -0.2) is 13.3 Å². The molecule has 0 aliphatic rings. The number of alkyl halides is 2. The van der Waals surface area contributed by atoms with Crippen molar-refractivity contribution >= 4 is 11.0 Å². The summed E-state index contributed by atoms with van der Waals surface area (Å²) < 4.78 is 57.5. The van der Waals surface area contributed by atoms with E-state index in [0.717, 1.165) is 13.0 Å². The van der Waals surface area contributed by atoms with E-state index in [1.165, 1.54) is 19.1 Å². The Bertz CT molecular complexity index is 615. The Balaban J connectivity index is 3.25. The standard InChI is InChI=1S/C16H24F3NO3S/c1-10(20-24(23)14(2,3)4)11-7-6-8-12(13(11)17)16(18,19)15(5,22)9-21/h6-8,10,20-22H,9H2,1-5H3. The summed E-state index contributed by atoms with van der Waals surface area (Å²) in [5.74, 6) is -5.20. The van der Waals surface area contributed by atoms with Crippen molar-refractivity contribution in [3.8, 4) is 0 Å². The van der Waals surface area contributed by atoms with Gasteiger partial charge in [0, 0.05) is 11.6 Å². The molecule has 0 aromatic heterocycles. The molecule has 1 aromatic carbocycles. The number of hydrogen-bond acceptors (Lipinski definition) is 3. The third kappa shape index (κ3) is 4.17. The fraction of sp³-hybridized carbons (Fsp3) is 0.625. The van der Waals surface area contributed by atoms with E-state index in [1.54, 1.807) is 20.8 Å². The zero-order valence-corrected chi connectivity index (χ0v) is 15.2. The fourth-order valence-electron chi connectivity index (χ4n) is 1.92. The largest absolute Gasteiger partial charge is 0.393 e. The van der Waals surface area contributed by atoms with Crippen molar-refractivity contribution < 1.29 is 27.6 Å². The zero-order valence-electron chi connectivity index (χ0n) is 14.4. The average molecular weight is 367 g/mol. The van der Waals surface area contributed by atoms with Gasteiger partial charge in [-0.3, -0.25) is 0 Å². The van der Waals surface area contributed by atoms with Crippen molar-refractivity contribution in [3.05, 3.63) is 35.1 Å². The molecule has 3 atom stereocenters. The average Bonchev–Trinajstić information content (AvgIpc) is 2.45. The van der Waals surface area contributed by atoms with Crippen LogP contribution in [0.2, 0.25) is 0 Å². The number of aliphatic hydroxyl groups is 2. The highest BCUT2D eigenvalue weighted by molar-refractivity contribution is 7.84. The Morgan fingerprint density at radius 2 is 1.79 bits per heavy atom. The molecule has 24 heavy (non-hydrogen) atoms. The van der Waals surface area contributed by atoms with Crippen LogP contribution in [0.5, 0.6) is 0 Å². The zero-order chi connectivity index (χ0) is 18.9. The number of hydrogen-bond donors (Lipinski definition) is 3. The lowest BCUT2D eigenvalue weighted by Crippen LogP contribution is -2.47. The molecule has 0 fully saturated rings. The lowest BCUT2D eigenvalue weighted by atomic mass is 9.90. The molecule has 0 radical (unpaired) electrons. The maximum Gasteiger partial charge on any atom is 0.306 e. The van der Waals surface area contributed by atoms with Crippen LogP contribution < -0.4 is 4.72 Å². The first kappa shape index (κ1) is 21.1. The summed E-state index contributed by atoms with van der Waals surface area (Å²) in [6, 6.07) is 2.60. The van der Waals surface area contributed by atoms with Gasteiger partial charge < -0.3 is 10.2 Å². The first-order chi connectivity index (χ1) is 10.8. The maximum atomic E-state index is 14.6. The molecule has 0 saturated heterocycles. The lowest BCUT2D eigenvalue weighted by Gasteiger charge is -2.32. The third-order valence-corrected chi connectivity index (χ3v) is 5.34. The SMILES string of the molecule is CC(NS(=O)C(C)(C)C)c1cccc(C(F)(F)C(C)(O)CO)c1F. The lowest BCUT2D eigenvalue weighted by molar-refractivity contribution is -0.197. The summed E-state index contributed by atoms with van der Waals surface area (Å²) in [4.78, 5) is 0. The minimum Gasteiger partial charge on any atom is -0.393 e. The molecule has 0 bridgehead atoms. The number of benzene rings is 1. The minimum atomic E-state index is -4.00. The van der Waals surface area contributed by atoms with E-state index in [9.17, 15) is 22.5 Å². The molecule has 0 aliphatic heterocycles. The van der Waals surface area contributed by atoms with Crippen LogP contribution in [0.1, 0.15) is 51.8 Å². The normalized spacial score (nSPS) is 18.1. The van der Waals surface area contributed by atoms with Crippen molar-refractivity contribution in [2.24, 2.45) is 0 Å². The molecule has 0 heterocycles. The number of rotatable bonds is 6. The van der Waals surface area contributed by atoms with Gasteiger partial charge in [0.25, 0.3) is 0 Å². The Kier molecular flexibility index (Phi) is 6.25. The molecule has 0 amide bonds. The number of nitrogens with one attached hydrogen (secondary N) is 1. The van der Waals surface area contributed by atoms with Crippen molar-refractivity contribution in [2.75, 3.05) is 6.61 Å². The Morgan fingerprint density at radius 3 is 2.25 bits per heavy atom. The van der Waals surface area contributed by atoms with Gasteiger partial charge in [-0.1, -0.05) is 12.1 Å². The number of aliphatic hydroxyl groups excluding tert-OH is 1. The van der Waals surface area contributed by atoms with E-state index in [0.29, 0.717) is 0 Å². The maximum absolute atomic E-state index is 14.6. The van der Waals surface area contributed by atoms with Crippen LogP contribution in [-0.2, 0) is 16.9 Å². The monoisotopic (exact) mass is 367 g/mol. The molecule has 0 spiro atoms. The van der Waals surface area contributed by atoms with Gasteiger partial charge in [0.2, 0.25) is 0 Å². The minimum absolute atomic E-state index is 0.0986. The summed E-state index contributed by atoms with van der Waals surface area (Å²) in [5, 5.41) is 18.6. The second-order valence-electron chi connectivity index (χ2n) is 6.94. The van der Waals surface area contributed by atoms with Crippen LogP contribution in [0.3, 0.4) is 0 Å². The van der Waals surface area contributed by atoms with Crippen LogP contribution in [0, 0.1) is 5.82 Å². The summed E-state index contributed by atoms with van der Waals surface area (Å²) in [6.07, 6.45) is 0. The van der Waals surface area contributed by atoms with Gasteiger partial charge in [0.05, 0.1) is 27.9 Å². The molecule has 8 heteroatoms. The van der Waals surface area contributed by atoms with Crippen LogP contribution in [0.15, 0.2) is 18.2 Å². The summed E-state index contributed by atoms with van der Waals surface area (Å²) in [7, 11) is -1.52. The molecule has 1 aromatic rings. The Morgan fingerprint density at radius 1 is 1.25 bits per heavy atom. The van der Waals surface area contributed by atoms with E-state index >= 15 is 0 Å². The topological polar surface area (TPSA) is 69.6 Å². The second-order valence-corrected chi connectivity index (χ2v) is 8.93. The van der Waals surface area contributed by atoms with E-state index in [1.807, 2.05) is 0 Å². The van der Waals surface area contributed by atoms with Crippen LogP contribution in [0.25, 0.3) is 0 Å². The van der Waals surface area contributed by atoms with Gasteiger partial charge in [0.1, 0.15) is 5.82 Å². The quantitative estimate of drug-likeness (QED) is 0.724. The van der Waals surface area contributed by atoms with E-state index < -0.39 is 51.3 Å². The highest BCUT2D eigenvalue weighted by Gasteiger charge is 2.52. The van der Waals surface area contributed by atoms with Crippen molar-refractivity contribution in [2.45, 2.75) is 56.9 Å². The van der Waals surface area contributed by atoms with Crippen LogP contribution >= 0.6 is 0 Å². The van der Waals surface area contributed by atoms with Gasteiger partial charge in [-0.15, -0.1) is 0 Å². The van der Waals surface area contributed by atoms with Crippen molar-refractivity contribution in [1.29, 1.82) is 0 Å². The molecule has 138 valence electrons. The Hall–Kier alpha value is -0.960. The first-order valence-electron chi connectivity index (χ1n) is 7.43. The smallest absolute Gasteiger partial charge is 0.306 e. The van der Waals surface area contributed by atoms with Crippen molar-refractivity contribution in [1.82, 2.24) is 4.72 Å². The van der Waals surface area contributed by atoms with Crippen LogP contribution in [-0.4, -0.2) is 31.4 Å². The third-order valence-electron chi connectivity index (χ3n) is 3.66. The molecule has 4 nitrogen and oxygen atoms in total. The van der Waals surface area contributed by atoms with E-state index in [2.05, 4.69) is 4.72 Å². The van der Waals surface area contributed by atoms with Crippen molar-refractivity contribution in [3.63, 3.8) is 0 Å². The number of halogens is 3. The van der Waals surface area contributed by atoms with E-state index in [-0.39, 0.29) is 5.56 Å².